The molecule has 0 spiro atoms. The van der Waals surface area contributed by atoms with Gasteiger partial charge in [-0.15, -0.1) is 0 Å². The molecule has 110 valence electrons. The highest BCUT2D eigenvalue weighted by Gasteiger charge is 2.48. The summed E-state index contributed by atoms with van der Waals surface area (Å²) in [6.07, 6.45) is 1.67. The van der Waals surface area contributed by atoms with E-state index in [-0.39, 0.29) is 25.6 Å². The highest BCUT2D eigenvalue weighted by atomic mass is 32.2. The number of carboxylic acid groups (broad SMARTS) is 1. The van der Waals surface area contributed by atoms with Crippen LogP contribution < -0.4 is 16.2 Å². The Balaban J connectivity index is 2.03. The first-order valence-corrected chi connectivity index (χ1v) is 7.62. The summed E-state index contributed by atoms with van der Waals surface area (Å²) in [5.41, 5.74) is 9.62. The molecule has 8 nitrogen and oxygen atoms in total. The average Bonchev–Trinajstić information content (AvgIpc) is 2.89. The van der Waals surface area contributed by atoms with Crippen molar-refractivity contribution in [3.63, 3.8) is 0 Å². The van der Waals surface area contributed by atoms with E-state index in [1.54, 1.807) is 6.92 Å². The fourth-order valence-corrected chi connectivity index (χ4v) is 3.73. The molecule has 0 amide bonds. The van der Waals surface area contributed by atoms with Crippen LogP contribution in [-0.4, -0.2) is 54.0 Å². The number of aliphatic carboxylic acids is 1. The molecule has 1 unspecified atom stereocenters. The summed E-state index contributed by atoms with van der Waals surface area (Å²) in [6, 6.07) is -0.380. The van der Waals surface area contributed by atoms with Gasteiger partial charge in [-0.2, -0.15) is 17.4 Å². The lowest BCUT2D eigenvalue weighted by atomic mass is 10.0. The van der Waals surface area contributed by atoms with Crippen molar-refractivity contribution in [2.24, 2.45) is 11.5 Å². The van der Waals surface area contributed by atoms with E-state index < -0.39 is 27.3 Å². The molecule has 1 saturated carbocycles. The molecule has 6 N–H and O–H groups in total. The van der Waals surface area contributed by atoms with Gasteiger partial charge in [0.25, 0.3) is 10.2 Å². The van der Waals surface area contributed by atoms with Crippen molar-refractivity contribution >= 4 is 16.2 Å². The second-order valence-electron chi connectivity index (χ2n) is 5.62. The van der Waals surface area contributed by atoms with Crippen LogP contribution in [0.4, 0.5) is 0 Å². The number of carboxylic acids is 1. The molecule has 0 aromatic heterocycles. The molecule has 1 heterocycles. The molecular weight excluding hydrogens is 272 g/mol. The largest absolute Gasteiger partial charge is 0.480 e. The summed E-state index contributed by atoms with van der Waals surface area (Å²) in [5.74, 6) is -1.18. The van der Waals surface area contributed by atoms with Gasteiger partial charge in [0.15, 0.2) is 0 Å². The van der Waals surface area contributed by atoms with Crippen molar-refractivity contribution < 1.29 is 18.3 Å². The van der Waals surface area contributed by atoms with Crippen LogP contribution >= 0.6 is 0 Å². The normalized spacial score (nSPS) is 32.2. The van der Waals surface area contributed by atoms with E-state index in [1.807, 2.05) is 0 Å². The lowest BCUT2D eigenvalue weighted by Crippen LogP contribution is -2.54. The van der Waals surface area contributed by atoms with Gasteiger partial charge in [-0.3, -0.25) is 4.79 Å². The third kappa shape index (κ3) is 2.75. The highest BCUT2D eigenvalue weighted by molar-refractivity contribution is 7.87. The van der Waals surface area contributed by atoms with Crippen LogP contribution in [0, 0.1) is 0 Å². The summed E-state index contributed by atoms with van der Waals surface area (Å²) < 4.78 is 27.9. The van der Waals surface area contributed by atoms with E-state index in [0.29, 0.717) is 0 Å². The second kappa shape index (κ2) is 4.38. The molecule has 1 aliphatic carbocycles. The minimum Gasteiger partial charge on any atom is -0.480 e. The molecule has 2 aliphatic rings. The Morgan fingerprint density at radius 1 is 1.37 bits per heavy atom. The van der Waals surface area contributed by atoms with Gasteiger partial charge in [-0.1, -0.05) is 0 Å². The van der Waals surface area contributed by atoms with Crippen molar-refractivity contribution in [1.29, 1.82) is 0 Å². The predicted octanol–water partition coefficient (Wildman–Crippen LogP) is -1.81. The molecule has 1 aliphatic heterocycles. The number of hydrogen-bond donors (Lipinski definition) is 4. The van der Waals surface area contributed by atoms with Crippen LogP contribution in [0.25, 0.3) is 0 Å². The first-order chi connectivity index (χ1) is 8.59. The molecule has 2 rings (SSSR count). The van der Waals surface area contributed by atoms with Crippen LogP contribution in [0.2, 0.25) is 0 Å². The van der Waals surface area contributed by atoms with Gasteiger partial charge in [-0.05, 0) is 26.2 Å². The third-order valence-electron chi connectivity index (χ3n) is 4.05. The summed E-state index contributed by atoms with van der Waals surface area (Å²) in [5, 5.41) is 8.99. The van der Waals surface area contributed by atoms with Crippen LogP contribution in [-0.2, 0) is 15.0 Å². The number of rotatable bonds is 5. The monoisotopic (exact) mass is 292 g/mol. The maximum Gasteiger partial charge on any atom is 0.325 e. The van der Waals surface area contributed by atoms with Crippen LogP contribution in [0.15, 0.2) is 0 Å². The van der Waals surface area contributed by atoms with Crippen LogP contribution in [0.1, 0.15) is 26.2 Å². The highest BCUT2D eigenvalue weighted by Crippen LogP contribution is 2.36. The Morgan fingerprint density at radius 2 is 1.95 bits per heavy atom. The molecule has 19 heavy (non-hydrogen) atoms. The first kappa shape index (κ1) is 14.7. The van der Waals surface area contributed by atoms with Crippen LogP contribution in [0.5, 0.6) is 0 Å². The Hall–Kier alpha value is -0.740. The van der Waals surface area contributed by atoms with E-state index in [0.717, 1.165) is 17.1 Å². The maximum absolute atomic E-state index is 12.1. The fourth-order valence-electron chi connectivity index (χ4n) is 2.17. The van der Waals surface area contributed by atoms with E-state index in [4.69, 9.17) is 16.6 Å². The number of nitrogens with two attached hydrogens (primary N) is 2. The molecule has 2 fully saturated rings. The van der Waals surface area contributed by atoms with Gasteiger partial charge >= 0.3 is 5.97 Å². The van der Waals surface area contributed by atoms with Gasteiger partial charge < -0.3 is 16.6 Å². The van der Waals surface area contributed by atoms with Gasteiger partial charge in [0.1, 0.15) is 5.54 Å². The van der Waals surface area contributed by atoms with E-state index in [1.165, 1.54) is 0 Å². The van der Waals surface area contributed by atoms with Gasteiger partial charge in [0, 0.05) is 24.7 Å². The standard InChI is InChI=1S/C10H20N4O4S/c1-7(9(11)2-3-9)13-19(17,18)14-5-4-10(12,6-14)8(15)16/h7,13H,2-6,11-12H2,1H3,(H,15,16)/t7?,10-/m1/s1. The molecule has 0 aromatic carbocycles. The Bertz CT molecular complexity index is 490. The first-order valence-electron chi connectivity index (χ1n) is 6.18. The van der Waals surface area contributed by atoms with Gasteiger partial charge in [0.2, 0.25) is 0 Å². The maximum atomic E-state index is 12.1. The lowest BCUT2D eigenvalue weighted by Gasteiger charge is -2.25. The number of nitrogens with zero attached hydrogens (tertiary/aromatic N) is 1. The minimum atomic E-state index is -3.75. The number of nitrogens with one attached hydrogen (secondary N) is 1. The number of hydrogen-bond acceptors (Lipinski definition) is 5. The van der Waals surface area contributed by atoms with Crippen molar-refractivity contribution in [2.75, 3.05) is 13.1 Å². The van der Waals surface area contributed by atoms with E-state index >= 15 is 0 Å². The smallest absolute Gasteiger partial charge is 0.325 e. The third-order valence-corrected chi connectivity index (χ3v) is 5.69. The molecule has 0 bridgehead atoms. The molecule has 0 aromatic rings. The van der Waals surface area contributed by atoms with E-state index in [9.17, 15) is 13.2 Å². The summed E-state index contributed by atoms with van der Waals surface area (Å²) in [7, 11) is -3.75. The lowest BCUT2D eigenvalue weighted by molar-refractivity contribution is -0.142. The molecular formula is C10H20N4O4S. The van der Waals surface area contributed by atoms with Crippen molar-refractivity contribution in [2.45, 2.75) is 43.3 Å². The SMILES string of the molecule is CC(NS(=O)(=O)N1CC[C@](N)(C(=O)O)C1)C1(N)CC1. The van der Waals surface area contributed by atoms with Crippen molar-refractivity contribution in [1.82, 2.24) is 9.03 Å². The Kier molecular flexibility index (Phi) is 3.38. The second-order valence-corrected chi connectivity index (χ2v) is 7.32. The fraction of sp³-hybridized carbons (Fsp3) is 0.900. The van der Waals surface area contributed by atoms with E-state index in [2.05, 4.69) is 4.72 Å². The Labute approximate surface area is 112 Å². The molecule has 2 atom stereocenters. The average molecular weight is 292 g/mol. The van der Waals surface area contributed by atoms with Crippen molar-refractivity contribution in [3.8, 4) is 0 Å². The van der Waals surface area contributed by atoms with Gasteiger partial charge in [-0.25, -0.2) is 0 Å². The minimum absolute atomic E-state index is 0.0996. The summed E-state index contributed by atoms with van der Waals surface area (Å²) in [4.78, 5) is 11.0. The quantitative estimate of drug-likeness (QED) is 0.471. The van der Waals surface area contributed by atoms with Crippen LogP contribution in [0.3, 0.4) is 0 Å². The van der Waals surface area contributed by atoms with Crippen molar-refractivity contribution in [3.05, 3.63) is 0 Å². The zero-order valence-electron chi connectivity index (χ0n) is 10.8. The molecule has 9 heteroatoms. The summed E-state index contributed by atoms with van der Waals surface area (Å²) in [6.45, 7) is 1.60. The molecule has 1 saturated heterocycles. The summed E-state index contributed by atoms with van der Waals surface area (Å²) >= 11 is 0. The Morgan fingerprint density at radius 3 is 2.37 bits per heavy atom. The topological polar surface area (TPSA) is 139 Å². The predicted molar refractivity (Wildman–Crippen MR) is 68.4 cm³/mol. The zero-order chi connectivity index (χ0) is 14.5. The number of carbonyl (C=O) groups is 1. The van der Waals surface area contributed by atoms with Gasteiger partial charge in [0.05, 0.1) is 0 Å². The zero-order valence-corrected chi connectivity index (χ0v) is 11.6. The molecule has 0 radical (unpaired) electrons.